The Morgan fingerprint density at radius 1 is 0.933 bits per heavy atom. The first-order chi connectivity index (χ1) is 14.6. The van der Waals surface area contributed by atoms with Gasteiger partial charge in [-0.05, 0) is 47.6 Å². The summed E-state index contributed by atoms with van der Waals surface area (Å²) in [7, 11) is 1.75. The SMILES string of the molecule is COc1c(C)ccc2cc3[n+](cc12)CCc1cc(C)c(OCc2ccccc2)cc1-3. The highest BCUT2D eigenvalue weighted by Gasteiger charge is 2.26. The Bertz CT molecular complexity index is 1250. The van der Waals surface area contributed by atoms with Gasteiger partial charge in [-0.3, -0.25) is 0 Å². The van der Waals surface area contributed by atoms with Crippen molar-refractivity contribution in [3.63, 3.8) is 0 Å². The van der Waals surface area contributed by atoms with E-state index < -0.39 is 0 Å². The molecule has 0 amide bonds. The van der Waals surface area contributed by atoms with Crippen LogP contribution in [-0.2, 0) is 19.6 Å². The molecule has 150 valence electrons. The minimum absolute atomic E-state index is 0.578. The number of fused-ring (bicyclic) bond motifs is 4. The summed E-state index contributed by atoms with van der Waals surface area (Å²) in [5.41, 5.74) is 7.41. The molecule has 0 fully saturated rings. The van der Waals surface area contributed by atoms with Gasteiger partial charge in [-0.25, -0.2) is 0 Å². The van der Waals surface area contributed by atoms with Gasteiger partial charge < -0.3 is 9.47 Å². The molecule has 0 N–H and O–H groups in total. The van der Waals surface area contributed by atoms with Gasteiger partial charge in [-0.1, -0.05) is 48.5 Å². The molecule has 0 saturated heterocycles. The van der Waals surface area contributed by atoms with Crippen LogP contribution in [0.2, 0.25) is 0 Å². The number of benzene rings is 3. The maximum Gasteiger partial charge on any atom is 0.213 e. The van der Waals surface area contributed by atoms with E-state index in [1.165, 1.54) is 33.3 Å². The third kappa shape index (κ3) is 3.21. The second-order valence-electron chi connectivity index (χ2n) is 8.07. The molecule has 3 heteroatoms. The molecule has 2 heterocycles. The van der Waals surface area contributed by atoms with Crippen LogP contribution < -0.4 is 14.0 Å². The Balaban J connectivity index is 1.58. The van der Waals surface area contributed by atoms with Gasteiger partial charge in [0.15, 0.2) is 12.7 Å². The zero-order valence-corrected chi connectivity index (χ0v) is 17.7. The Labute approximate surface area is 177 Å². The van der Waals surface area contributed by atoms with Crippen molar-refractivity contribution in [3.8, 4) is 22.8 Å². The standard InChI is InChI=1S/C27H26NO2/c1-18-9-10-21-14-25-23-15-26(30-17-20-7-5-4-6-8-20)19(2)13-22(23)11-12-28(25)16-24(21)27(18)29-3/h4-10,13-16H,11-12,17H2,1-3H3/q+1. The first kappa shape index (κ1) is 18.7. The van der Waals surface area contributed by atoms with Crippen LogP contribution in [0.5, 0.6) is 11.5 Å². The number of pyridine rings is 1. The molecule has 4 aromatic rings. The highest BCUT2D eigenvalue weighted by molar-refractivity contribution is 5.90. The molecule has 3 aromatic carbocycles. The fraction of sp³-hybridized carbons (Fsp3) is 0.222. The zero-order valence-electron chi connectivity index (χ0n) is 17.7. The molecule has 1 aromatic heterocycles. The van der Waals surface area contributed by atoms with Crippen LogP contribution in [0.1, 0.15) is 22.3 Å². The summed E-state index contributed by atoms with van der Waals surface area (Å²) in [4.78, 5) is 0. The van der Waals surface area contributed by atoms with E-state index in [4.69, 9.17) is 9.47 Å². The lowest BCUT2D eigenvalue weighted by Gasteiger charge is -2.19. The average Bonchev–Trinajstić information content (AvgIpc) is 2.77. The lowest BCUT2D eigenvalue weighted by Crippen LogP contribution is -2.40. The lowest BCUT2D eigenvalue weighted by atomic mass is 9.93. The molecule has 0 radical (unpaired) electrons. The van der Waals surface area contributed by atoms with Crippen LogP contribution >= 0.6 is 0 Å². The van der Waals surface area contributed by atoms with Gasteiger partial charge in [0.25, 0.3) is 0 Å². The van der Waals surface area contributed by atoms with Crippen LogP contribution in [0.25, 0.3) is 22.0 Å². The highest BCUT2D eigenvalue weighted by atomic mass is 16.5. The molecule has 0 spiro atoms. The van der Waals surface area contributed by atoms with Gasteiger partial charge in [-0.2, -0.15) is 4.57 Å². The van der Waals surface area contributed by atoms with E-state index in [1.807, 2.05) is 18.2 Å². The van der Waals surface area contributed by atoms with Gasteiger partial charge in [0, 0.05) is 12.5 Å². The lowest BCUT2D eigenvalue weighted by molar-refractivity contribution is -0.686. The summed E-state index contributed by atoms with van der Waals surface area (Å²) < 4.78 is 14.3. The van der Waals surface area contributed by atoms with Gasteiger partial charge in [-0.15, -0.1) is 0 Å². The summed E-state index contributed by atoms with van der Waals surface area (Å²) in [5.74, 6) is 1.91. The van der Waals surface area contributed by atoms with E-state index in [-0.39, 0.29) is 0 Å². The Kier molecular flexibility index (Phi) is 4.66. The van der Waals surface area contributed by atoms with Gasteiger partial charge in [0.2, 0.25) is 5.69 Å². The van der Waals surface area contributed by atoms with Crippen molar-refractivity contribution in [2.75, 3.05) is 7.11 Å². The monoisotopic (exact) mass is 396 g/mol. The molecule has 0 aliphatic carbocycles. The van der Waals surface area contributed by atoms with Crippen molar-refractivity contribution in [3.05, 3.63) is 89.1 Å². The maximum absolute atomic E-state index is 6.21. The molecule has 0 unspecified atom stereocenters. The predicted octanol–water partition coefficient (Wildman–Crippen LogP) is 5.55. The second-order valence-corrected chi connectivity index (χ2v) is 8.07. The average molecular weight is 397 g/mol. The number of aryl methyl sites for hydroxylation is 4. The third-order valence-electron chi connectivity index (χ3n) is 6.05. The summed E-state index contributed by atoms with van der Waals surface area (Å²) >= 11 is 0. The minimum atomic E-state index is 0.578. The normalized spacial score (nSPS) is 12.4. The first-order valence-corrected chi connectivity index (χ1v) is 10.5. The summed E-state index contributed by atoms with van der Waals surface area (Å²) in [6.45, 7) is 5.78. The second kappa shape index (κ2) is 7.49. The molecule has 0 saturated carbocycles. The molecule has 0 bridgehead atoms. The fourth-order valence-electron chi connectivity index (χ4n) is 4.45. The number of nitrogens with zero attached hydrogens (tertiary/aromatic N) is 1. The van der Waals surface area contributed by atoms with Gasteiger partial charge in [0.1, 0.15) is 18.1 Å². The van der Waals surface area contributed by atoms with E-state index in [0.29, 0.717) is 6.61 Å². The van der Waals surface area contributed by atoms with E-state index in [2.05, 4.69) is 67.1 Å². The number of methoxy groups -OCH3 is 1. The molecule has 5 rings (SSSR count). The van der Waals surface area contributed by atoms with Crippen molar-refractivity contribution in [2.45, 2.75) is 33.4 Å². The molecular formula is C27H26NO2+. The van der Waals surface area contributed by atoms with Crippen molar-refractivity contribution < 1.29 is 14.0 Å². The van der Waals surface area contributed by atoms with Crippen LogP contribution in [0.15, 0.2) is 66.9 Å². The number of ether oxygens (including phenoxy) is 2. The van der Waals surface area contributed by atoms with E-state index in [0.717, 1.165) is 35.4 Å². The molecule has 1 aliphatic heterocycles. The smallest absolute Gasteiger partial charge is 0.213 e. The summed E-state index contributed by atoms with van der Waals surface area (Å²) in [6.07, 6.45) is 3.26. The van der Waals surface area contributed by atoms with Gasteiger partial charge >= 0.3 is 0 Å². The number of hydrogen-bond donors (Lipinski definition) is 0. The summed E-state index contributed by atoms with van der Waals surface area (Å²) in [6, 6.07) is 21.4. The maximum atomic E-state index is 6.21. The molecule has 3 nitrogen and oxygen atoms in total. The molecule has 1 aliphatic rings. The number of hydrogen-bond acceptors (Lipinski definition) is 2. The van der Waals surface area contributed by atoms with Crippen molar-refractivity contribution in [2.24, 2.45) is 0 Å². The van der Waals surface area contributed by atoms with E-state index >= 15 is 0 Å². The molecular weight excluding hydrogens is 370 g/mol. The van der Waals surface area contributed by atoms with E-state index in [1.54, 1.807) is 7.11 Å². The quantitative estimate of drug-likeness (QED) is 0.422. The molecule has 0 atom stereocenters. The number of aromatic nitrogens is 1. The third-order valence-corrected chi connectivity index (χ3v) is 6.05. The predicted molar refractivity (Wildman–Crippen MR) is 120 cm³/mol. The summed E-state index contributed by atoms with van der Waals surface area (Å²) in [5, 5.41) is 2.36. The zero-order chi connectivity index (χ0) is 20.7. The first-order valence-electron chi connectivity index (χ1n) is 10.5. The largest absolute Gasteiger partial charge is 0.496 e. The van der Waals surface area contributed by atoms with Crippen molar-refractivity contribution in [1.82, 2.24) is 0 Å². The molecule has 30 heavy (non-hydrogen) atoms. The highest BCUT2D eigenvalue weighted by Crippen LogP contribution is 2.36. The number of rotatable bonds is 4. The minimum Gasteiger partial charge on any atom is -0.496 e. The Morgan fingerprint density at radius 2 is 1.77 bits per heavy atom. The van der Waals surface area contributed by atoms with E-state index in [9.17, 15) is 0 Å². The van der Waals surface area contributed by atoms with Crippen molar-refractivity contribution in [1.29, 1.82) is 0 Å². The van der Waals surface area contributed by atoms with Crippen LogP contribution in [0, 0.1) is 13.8 Å². The Hall–Kier alpha value is -3.33. The van der Waals surface area contributed by atoms with Crippen LogP contribution in [-0.4, -0.2) is 7.11 Å². The topological polar surface area (TPSA) is 22.3 Å². The Morgan fingerprint density at radius 3 is 2.57 bits per heavy atom. The van der Waals surface area contributed by atoms with Crippen LogP contribution in [0.4, 0.5) is 0 Å². The van der Waals surface area contributed by atoms with Crippen molar-refractivity contribution >= 4 is 10.8 Å². The van der Waals surface area contributed by atoms with Crippen LogP contribution in [0.3, 0.4) is 0 Å². The fourth-order valence-corrected chi connectivity index (χ4v) is 4.45. The van der Waals surface area contributed by atoms with Gasteiger partial charge in [0.05, 0.1) is 18.1 Å².